The second kappa shape index (κ2) is 7.46. The van der Waals surface area contributed by atoms with Gasteiger partial charge in [-0.1, -0.05) is 0 Å². The number of benzene rings is 2. The highest BCUT2D eigenvalue weighted by atomic mass is 16.5. The molecule has 0 amide bonds. The summed E-state index contributed by atoms with van der Waals surface area (Å²) in [6.45, 7) is 3.63. The first-order valence-electron chi connectivity index (χ1n) is 9.28. The molecule has 0 saturated heterocycles. The highest BCUT2D eigenvalue weighted by Gasteiger charge is 2.26. The van der Waals surface area contributed by atoms with E-state index in [1.165, 1.54) is 10.9 Å². The Balaban J connectivity index is 1.60. The van der Waals surface area contributed by atoms with Gasteiger partial charge in [-0.05, 0) is 43.3 Å². The van der Waals surface area contributed by atoms with Gasteiger partial charge in [-0.3, -0.25) is 0 Å². The maximum atomic E-state index is 6.18. The molecule has 1 unspecified atom stereocenters. The lowest BCUT2D eigenvalue weighted by Crippen LogP contribution is -2.07. The Labute approximate surface area is 164 Å². The third-order valence-electron chi connectivity index (χ3n) is 5.07. The minimum atomic E-state index is -0.195. The number of fused-ring (bicyclic) bond motifs is 1. The molecule has 2 heterocycles. The van der Waals surface area contributed by atoms with Gasteiger partial charge in [0.1, 0.15) is 6.10 Å². The van der Waals surface area contributed by atoms with E-state index in [1.807, 2.05) is 12.1 Å². The largest absolute Gasteiger partial charge is 0.493 e. The number of nitrogens with zero attached hydrogens (tertiary/aromatic N) is 2. The third kappa shape index (κ3) is 3.05. The van der Waals surface area contributed by atoms with E-state index in [4.69, 9.17) is 18.9 Å². The minimum Gasteiger partial charge on any atom is -0.493 e. The maximum absolute atomic E-state index is 6.18. The van der Waals surface area contributed by atoms with Gasteiger partial charge in [0.15, 0.2) is 11.5 Å². The van der Waals surface area contributed by atoms with E-state index < -0.39 is 0 Å². The number of hydrogen-bond donors (Lipinski definition) is 0. The molecule has 4 rings (SSSR count). The van der Waals surface area contributed by atoms with Gasteiger partial charge in [-0.15, -0.1) is 0 Å². The molecule has 1 aliphatic rings. The van der Waals surface area contributed by atoms with Crippen LogP contribution < -0.4 is 14.2 Å². The molecular formula is C22H24N2O4. The van der Waals surface area contributed by atoms with Crippen molar-refractivity contribution in [1.29, 1.82) is 0 Å². The van der Waals surface area contributed by atoms with Crippen molar-refractivity contribution in [2.24, 2.45) is 4.99 Å². The topological polar surface area (TPSA) is 54.2 Å². The molecule has 3 aromatic rings. The molecule has 1 aromatic heterocycles. The molecule has 1 atom stereocenters. The molecule has 0 bridgehead atoms. The molecule has 0 aliphatic carbocycles. The summed E-state index contributed by atoms with van der Waals surface area (Å²) in [5.74, 6) is 2.44. The first-order chi connectivity index (χ1) is 13.7. The van der Waals surface area contributed by atoms with Crippen LogP contribution in [0.15, 0.2) is 47.6 Å². The van der Waals surface area contributed by atoms with Crippen LogP contribution in [0.2, 0.25) is 0 Å². The molecule has 6 nitrogen and oxygen atoms in total. The zero-order chi connectivity index (χ0) is 19.7. The molecule has 146 valence electrons. The number of aryl methyl sites for hydroxylation is 1. The summed E-state index contributed by atoms with van der Waals surface area (Å²) in [5.41, 5.74) is 3.13. The Kier molecular flexibility index (Phi) is 4.86. The van der Waals surface area contributed by atoms with E-state index in [2.05, 4.69) is 46.9 Å². The molecular weight excluding hydrogens is 356 g/mol. The van der Waals surface area contributed by atoms with E-state index in [0.29, 0.717) is 29.7 Å². The van der Waals surface area contributed by atoms with E-state index in [1.54, 1.807) is 21.3 Å². The lowest BCUT2D eigenvalue weighted by molar-refractivity contribution is 0.228. The predicted molar refractivity (Wildman–Crippen MR) is 109 cm³/mol. The van der Waals surface area contributed by atoms with Crippen LogP contribution in [0, 0.1) is 0 Å². The van der Waals surface area contributed by atoms with E-state index >= 15 is 0 Å². The van der Waals surface area contributed by atoms with Gasteiger partial charge in [-0.2, -0.15) is 0 Å². The number of rotatable bonds is 6. The van der Waals surface area contributed by atoms with Crippen molar-refractivity contribution in [3.8, 4) is 17.2 Å². The fourth-order valence-electron chi connectivity index (χ4n) is 3.60. The lowest BCUT2D eigenvalue weighted by Gasteiger charge is -2.17. The van der Waals surface area contributed by atoms with Crippen LogP contribution in [-0.4, -0.2) is 38.3 Å². The summed E-state index contributed by atoms with van der Waals surface area (Å²) < 4.78 is 24.7. The number of hydrogen-bond acceptors (Lipinski definition) is 5. The average molecular weight is 380 g/mol. The molecule has 28 heavy (non-hydrogen) atoms. The van der Waals surface area contributed by atoms with Crippen LogP contribution in [0.3, 0.4) is 0 Å². The fourth-order valence-corrected chi connectivity index (χ4v) is 3.60. The highest BCUT2D eigenvalue weighted by Crippen LogP contribution is 2.41. The minimum absolute atomic E-state index is 0.195. The van der Waals surface area contributed by atoms with Crippen molar-refractivity contribution in [1.82, 2.24) is 4.57 Å². The van der Waals surface area contributed by atoms with Crippen molar-refractivity contribution in [2.75, 3.05) is 27.9 Å². The number of aromatic nitrogens is 1. The van der Waals surface area contributed by atoms with Crippen molar-refractivity contribution in [3.05, 3.63) is 53.7 Å². The molecule has 2 aromatic carbocycles. The predicted octanol–water partition coefficient (Wildman–Crippen LogP) is 4.21. The zero-order valence-electron chi connectivity index (χ0n) is 16.6. The van der Waals surface area contributed by atoms with Crippen LogP contribution in [0.4, 0.5) is 0 Å². The Morgan fingerprint density at radius 2 is 1.79 bits per heavy atom. The van der Waals surface area contributed by atoms with E-state index in [9.17, 15) is 0 Å². The Bertz CT molecular complexity index is 1010. The first-order valence-corrected chi connectivity index (χ1v) is 9.28. The summed E-state index contributed by atoms with van der Waals surface area (Å²) in [6.07, 6.45) is 1.91. The Hall–Kier alpha value is -3.15. The van der Waals surface area contributed by atoms with Crippen molar-refractivity contribution in [3.63, 3.8) is 0 Å². The SMILES string of the molecule is CCn1ccc2cc(C3=NCC(c4cc(OC)c(OC)c(OC)c4)O3)ccc21. The summed E-state index contributed by atoms with van der Waals surface area (Å²) in [6, 6.07) is 12.2. The Morgan fingerprint density at radius 1 is 1.04 bits per heavy atom. The van der Waals surface area contributed by atoms with Gasteiger partial charge in [0.2, 0.25) is 11.6 Å². The highest BCUT2D eigenvalue weighted by molar-refractivity contribution is 5.99. The van der Waals surface area contributed by atoms with Gasteiger partial charge in [-0.25, -0.2) is 4.99 Å². The van der Waals surface area contributed by atoms with Crippen molar-refractivity contribution >= 4 is 16.8 Å². The second-order valence-corrected chi connectivity index (χ2v) is 6.59. The van der Waals surface area contributed by atoms with Gasteiger partial charge in [0.05, 0.1) is 27.9 Å². The van der Waals surface area contributed by atoms with Crippen LogP contribution >= 0.6 is 0 Å². The zero-order valence-corrected chi connectivity index (χ0v) is 16.6. The van der Waals surface area contributed by atoms with Gasteiger partial charge >= 0.3 is 0 Å². The van der Waals surface area contributed by atoms with Crippen molar-refractivity contribution in [2.45, 2.75) is 19.6 Å². The molecule has 6 heteroatoms. The van der Waals surface area contributed by atoms with Crippen LogP contribution in [0.5, 0.6) is 17.2 Å². The maximum Gasteiger partial charge on any atom is 0.216 e. The smallest absolute Gasteiger partial charge is 0.216 e. The quantitative estimate of drug-likeness (QED) is 0.643. The second-order valence-electron chi connectivity index (χ2n) is 6.59. The normalized spacial score (nSPS) is 16.0. The van der Waals surface area contributed by atoms with Gasteiger partial charge in [0, 0.05) is 34.8 Å². The van der Waals surface area contributed by atoms with Crippen molar-refractivity contribution < 1.29 is 18.9 Å². The van der Waals surface area contributed by atoms with Crippen LogP contribution in [0.1, 0.15) is 24.2 Å². The third-order valence-corrected chi connectivity index (χ3v) is 5.07. The fraction of sp³-hybridized carbons (Fsp3) is 0.318. The molecule has 0 N–H and O–H groups in total. The number of aliphatic imine (C=N–C) groups is 1. The van der Waals surface area contributed by atoms with E-state index in [-0.39, 0.29) is 6.10 Å². The van der Waals surface area contributed by atoms with Crippen LogP contribution in [0.25, 0.3) is 10.9 Å². The monoisotopic (exact) mass is 380 g/mol. The molecule has 0 spiro atoms. The van der Waals surface area contributed by atoms with Gasteiger partial charge < -0.3 is 23.5 Å². The molecule has 0 fully saturated rings. The summed E-state index contributed by atoms with van der Waals surface area (Å²) in [5, 5.41) is 1.18. The average Bonchev–Trinajstić information content (AvgIpc) is 3.39. The lowest BCUT2D eigenvalue weighted by atomic mass is 10.1. The molecule has 1 aliphatic heterocycles. The Morgan fingerprint density at radius 3 is 2.43 bits per heavy atom. The standard InChI is InChI=1S/C22H24N2O4/c1-5-24-9-8-14-10-15(6-7-17(14)24)22-23-13-20(28-22)16-11-18(25-2)21(27-4)19(12-16)26-3/h6-12,20H,5,13H2,1-4H3. The number of methoxy groups -OCH3 is 3. The van der Waals surface area contributed by atoms with E-state index in [0.717, 1.165) is 17.7 Å². The summed E-state index contributed by atoms with van der Waals surface area (Å²) in [4.78, 5) is 4.63. The summed E-state index contributed by atoms with van der Waals surface area (Å²) >= 11 is 0. The molecule has 0 radical (unpaired) electrons. The van der Waals surface area contributed by atoms with Crippen LogP contribution in [-0.2, 0) is 11.3 Å². The summed E-state index contributed by atoms with van der Waals surface area (Å²) in [7, 11) is 4.81. The van der Waals surface area contributed by atoms with Gasteiger partial charge in [0.25, 0.3) is 0 Å². The molecule has 0 saturated carbocycles. The first kappa shape index (κ1) is 18.2. The number of ether oxygens (including phenoxy) is 4.